The Morgan fingerprint density at radius 1 is 1.13 bits per heavy atom. The van der Waals surface area contributed by atoms with Crippen LogP contribution in [0.1, 0.15) is 18.1 Å². The minimum absolute atomic E-state index is 0.0655. The summed E-state index contributed by atoms with van der Waals surface area (Å²) in [6.07, 6.45) is 1.83. The number of hydrogen-bond acceptors (Lipinski definition) is 5. The molecular formula is C24H20BrNO3S2. The van der Waals surface area contributed by atoms with Gasteiger partial charge in [-0.05, 0) is 69.0 Å². The highest BCUT2D eigenvalue weighted by atomic mass is 79.9. The maximum atomic E-state index is 12.5. The van der Waals surface area contributed by atoms with Crippen molar-refractivity contribution in [2.75, 3.05) is 13.7 Å². The fourth-order valence-electron chi connectivity index (χ4n) is 3.37. The normalized spacial score (nSPS) is 15.2. The molecule has 31 heavy (non-hydrogen) atoms. The van der Waals surface area contributed by atoms with Crippen LogP contribution in [0.2, 0.25) is 0 Å². The van der Waals surface area contributed by atoms with E-state index in [1.54, 1.807) is 12.0 Å². The number of methoxy groups -OCH3 is 1. The summed E-state index contributed by atoms with van der Waals surface area (Å²) in [6.45, 7) is 2.89. The molecule has 7 heteroatoms. The van der Waals surface area contributed by atoms with E-state index in [0.29, 0.717) is 33.9 Å². The van der Waals surface area contributed by atoms with E-state index in [2.05, 4.69) is 46.3 Å². The minimum Gasteiger partial charge on any atom is -0.493 e. The van der Waals surface area contributed by atoms with E-state index in [0.717, 1.165) is 15.6 Å². The van der Waals surface area contributed by atoms with Gasteiger partial charge in [0.25, 0.3) is 5.91 Å². The average molecular weight is 514 g/mol. The summed E-state index contributed by atoms with van der Waals surface area (Å²) in [5.74, 6) is 1.14. The summed E-state index contributed by atoms with van der Waals surface area (Å²) in [5.41, 5.74) is 1.90. The van der Waals surface area contributed by atoms with Gasteiger partial charge in [0, 0.05) is 6.54 Å². The van der Waals surface area contributed by atoms with Crippen LogP contribution in [0.3, 0.4) is 0 Å². The van der Waals surface area contributed by atoms with E-state index in [1.165, 1.54) is 22.5 Å². The van der Waals surface area contributed by atoms with E-state index >= 15 is 0 Å². The predicted molar refractivity (Wildman–Crippen MR) is 135 cm³/mol. The Labute approximate surface area is 199 Å². The third kappa shape index (κ3) is 4.63. The van der Waals surface area contributed by atoms with Crippen molar-refractivity contribution >= 4 is 67.0 Å². The Kier molecular flexibility index (Phi) is 6.65. The Morgan fingerprint density at radius 3 is 2.61 bits per heavy atom. The molecule has 1 heterocycles. The highest BCUT2D eigenvalue weighted by Crippen LogP contribution is 2.39. The molecule has 0 N–H and O–H groups in total. The van der Waals surface area contributed by atoms with Gasteiger partial charge in [-0.2, -0.15) is 0 Å². The maximum Gasteiger partial charge on any atom is 0.266 e. The fraction of sp³-hybridized carbons (Fsp3) is 0.167. The molecular weight excluding hydrogens is 494 g/mol. The quantitative estimate of drug-likeness (QED) is 0.281. The van der Waals surface area contributed by atoms with E-state index < -0.39 is 0 Å². The lowest BCUT2D eigenvalue weighted by molar-refractivity contribution is -0.121. The predicted octanol–water partition coefficient (Wildman–Crippen LogP) is 6.41. The zero-order valence-electron chi connectivity index (χ0n) is 17.1. The molecule has 1 fully saturated rings. The zero-order valence-corrected chi connectivity index (χ0v) is 20.3. The first-order valence-electron chi connectivity index (χ1n) is 9.73. The maximum absolute atomic E-state index is 12.5. The second-order valence-corrected chi connectivity index (χ2v) is 9.46. The zero-order chi connectivity index (χ0) is 22.0. The minimum atomic E-state index is -0.0655. The van der Waals surface area contributed by atoms with Crippen molar-refractivity contribution in [3.05, 3.63) is 75.1 Å². The van der Waals surface area contributed by atoms with Crippen molar-refractivity contribution in [3.8, 4) is 11.5 Å². The monoisotopic (exact) mass is 513 g/mol. The second kappa shape index (κ2) is 9.42. The molecule has 0 spiro atoms. The number of thioether (sulfide) groups is 1. The molecule has 158 valence electrons. The molecule has 0 saturated carbocycles. The topological polar surface area (TPSA) is 38.8 Å². The van der Waals surface area contributed by atoms with Crippen LogP contribution in [-0.2, 0) is 11.4 Å². The molecule has 3 aromatic carbocycles. The lowest BCUT2D eigenvalue weighted by Crippen LogP contribution is -2.27. The molecule has 3 aromatic rings. The van der Waals surface area contributed by atoms with Crippen molar-refractivity contribution in [1.82, 2.24) is 4.90 Å². The van der Waals surface area contributed by atoms with E-state index in [4.69, 9.17) is 21.7 Å². The number of rotatable bonds is 6. The van der Waals surface area contributed by atoms with Gasteiger partial charge >= 0.3 is 0 Å². The summed E-state index contributed by atoms with van der Waals surface area (Å²) in [4.78, 5) is 14.7. The smallest absolute Gasteiger partial charge is 0.266 e. The summed E-state index contributed by atoms with van der Waals surface area (Å²) >= 11 is 10.2. The van der Waals surface area contributed by atoms with E-state index in [1.807, 2.05) is 37.3 Å². The van der Waals surface area contributed by atoms with Gasteiger partial charge < -0.3 is 9.47 Å². The van der Waals surface area contributed by atoms with Gasteiger partial charge in [-0.15, -0.1) is 0 Å². The number of hydrogen-bond donors (Lipinski definition) is 0. The van der Waals surface area contributed by atoms with Gasteiger partial charge in [0.05, 0.1) is 16.5 Å². The lowest BCUT2D eigenvalue weighted by Gasteiger charge is -2.14. The molecule has 0 aliphatic carbocycles. The van der Waals surface area contributed by atoms with E-state index in [-0.39, 0.29) is 5.91 Å². The number of halogens is 1. The van der Waals surface area contributed by atoms with Gasteiger partial charge in [0.2, 0.25) is 0 Å². The van der Waals surface area contributed by atoms with Gasteiger partial charge in [0.1, 0.15) is 10.9 Å². The molecule has 0 radical (unpaired) electrons. The van der Waals surface area contributed by atoms with Crippen molar-refractivity contribution < 1.29 is 14.3 Å². The first-order valence-corrected chi connectivity index (χ1v) is 11.7. The van der Waals surface area contributed by atoms with E-state index in [9.17, 15) is 4.79 Å². The standard InChI is InChI=1S/C24H20BrNO3S2/c1-3-26-23(27)21(31-24(26)30)13-16-11-19(25)22(20(12-16)28-2)29-14-15-8-9-17-6-4-5-7-18(17)10-15/h4-13H,3,14H2,1-2H3/b21-13-. The summed E-state index contributed by atoms with van der Waals surface area (Å²) in [7, 11) is 1.60. The number of ether oxygens (including phenoxy) is 2. The van der Waals surface area contributed by atoms with Crippen molar-refractivity contribution in [2.45, 2.75) is 13.5 Å². The lowest BCUT2D eigenvalue weighted by atomic mass is 10.1. The molecule has 4 rings (SSSR count). The van der Waals surface area contributed by atoms with Crippen LogP contribution in [-0.4, -0.2) is 28.8 Å². The van der Waals surface area contributed by atoms with Crippen LogP contribution < -0.4 is 9.47 Å². The number of thiocarbonyl (C=S) groups is 1. The molecule has 4 nitrogen and oxygen atoms in total. The molecule has 0 unspecified atom stereocenters. The van der Waals surface area contributed by atoms with Crippen molar-refractivity contribution in [2.24, 2.45) is 0 Å². The summed E-state index contributed by atoms with van der Waals surface area (Å²) in [5, 5.41) is 2.37. The summed E-state index contributed by atoms with van der Waals surface area (Å²) in [6, 6.07) is 18.3. The van der Waals surface area contributed by atoms with Crippen LogP contribution in [0, 0.1) is 0 Å². The number of nitrogens with zero attached hydrogens (tertiary/aromatic N) is 1. The molecule has 0 bridgehead atoms. The van der Waals surface area contributed by atoms with Crippen LogP contribution >= 0.6 is 39.9 Å². The first kappa shape index (κ1) is 21.9. The van der Waals surface area contributed by atoms with Crippen LogP contribution in [0.4, 0.5) is 0 Å². The third-order valence-corrected chi connectivity index (χ3v) is 6.90. The van der Waals surface area contributed by atoms with Crippen LogP contribution in [0.15, 0.2) is 64.0 Å². The Bertz CT molecular complexity index is 1210. The van der Waals surface area contributed by atoms with Gasteiger partial charge in [-0.1, -0.05) is 60.4 Å². The van der Waals surface area contributed by atoms with Crippen molar-refractivity contribution in [3.63, 3.8) is 0 Å². The average Bonchev–Trinajstić information content (AvgIpc) is 3.04. The second-order valence-electron chi connectivity index (χ2n) is 6.93. The Morgan fingerprint density at radius 2 is 1.90 bits per heavy atom. The number of fused-ring (bicyclic) bond motifs is 1. The number of benzene rings is 3. The number of carbonyl (C=O) groups excluding carboxylic acids is 1. The molecule has 1 amide bonds. The third-order valence-electron chi connectivity index (χ3n) is 4.94. The largest absolute Gasteiger partial charge is 0.493 e. The summed E-state index contributed by atoms with van der Waals surface area (Å²) < 4.78 is 13.0. The SMILES string of the molecule is CCN1C(=O)/C(=C/c2cc(Br)c(OCc3ccc4ccccc4c3)c(OC)c2)SC1=S. The van der Waals surface area contributed by atoms with Crippen LogP contribution in [0.5, 0.6) is 11.5 Å². The number of likely N-dealkylation sites (N-methyl/N-ethyl adjacent to an activating group) is 1. The van der Waals surface area contributed by atoms with Gasteiger partial charge in [-0.25, -0.2) is 0 Å². The Hall–Kier alpha value is -2.35. The van der Waals surface area contributed by atoms with Gasteiger partial charge in [-0.3, -0.25) is 9.69 Å². The molecule has 0 aromatic heterocycles. The fourth-order valence-corrected chi connectivity index (χ4v) is 5.33. The molecule has 1 aliphatic heterocycles. The highest BCUT2D eigenvalue weighted by molar-refractivity contribution is 9.10. The molecule has 1 saturated heterocycles. The number of carbonyl (C=O) groups is 1. The molecule has 0 atom stereocenters. The van der Waals surface area contributed by atoms with Crippen LogP contribution in [0.25, 0.3) is 16.8 Å². The molecule has 1 aliphatic rings. The Balaban J connectivity index is 1.57. The first-order chi connectivity index (χ1) is 15.0. The number of amides is 1. The van der Waals surface area contributed by atoms with Crippen molar-refractivity contribution in [1.29, 1.82) is 0 Å². The highest BCUT2D eigenvalue weighted by Gasteiger charge is 2.30. The van der Waals surface area contributed by atoms with Gasteiger partial charge in [0.15, 0.2) is 11.5 Å².